The molecule has 0 saturated heterocycles. The Morgan fingerprint density at radius 1 is 1.50 bits per heavy atom. The summed E-state index contributed by atoms with van der Waals surface area (Å²) in [7, 11) is 3.90. The fourth-order valence-corrected chi connectivity index (χ4v) is 0.821. The van der Waals surface area contributed by atoms with Crippen molar-refractivity contribution in [3.63, 3.8) is 0 Å². The van der Waals surface area contributed by atoms with Gasteiger partial charge in [-0.15, -0.1) is 0 Å². The molecule has 0 radical (unpaired) electrons. The first-order valence-electron chi connectivity index (χ1n) is 3.63. The summed E-state index contributed by atoms with van der Waals surface area (Å²) in [5.41, 5.74) is 7.01. The fraction of sp³-hybridized carbons (Fsp3) is 0.250. The van der Waals surface area contributed by atoms with Gasteiger partial charge < -0.3 is 4.90 Å². The van der Waals surface area contributed by atoms with Crippen molar-refractivity contribution in [1.29, 1.82) is 0 Å². The van der Waals surface area contributed by atoms with Gasteiger partial charge in [0.1, 0.15) is 0 Å². The van der Waals surface area contributed by atoms with Crippen molar-refractivity contribution in [1.82, 2.24) is 4.98 Å². The zero-order valence-corrected chi connectivity index (χ0v) is 7.28. The van der Waals surface area contributed by atoms with E-state index in [-0.39, 0.29) is 5.84 Å². The molecule has 4 N–H and O–H groups in total. The van der Waals surface area contributed by atoms with Gasteiger partial charge in [-0.3, -0.25) is 11.1 Å². The largest absolute Gasteiger partial charge is 0.376 e. The van der Waals surface area contributed by atoms with E-state index >= 15 is 0 Å². The Morgan fingerprint density at radius 2 is 2.17 bits per heavy atom. The van der Waals surface area contributed by atoms with Gasteiger partial charge in [-0.25, -0.2) is 4.98 Å². The number of nitrogens with zero attached hydrogens (tertiary/aromatic N) is 2. The van der Waals surface area contributed by atoms with Gasteiger partial charge in [0.05, 0.1) is 11.9 Å². The second-order valence-corrected chi connectivity index (χ2v) is 2.75. The predicted molar refractivity (Wildman–Crippen MR) is 48.8 cm³/mol. The molecule has 0 aromatic carbocycles. The Labute approximate surface area is 71.5 Å². The lowest BCUT2D eigenvalue weighted by molar-refractivity contribution is -0.114. The molecule has 1 heterocycles. The predicted octanol–water partition coefficient (Wildman–Crippen LogP) is -1.39. The molecule has 0 saturated carbocycles. The van der Waals surface area contributed by atoms with E-state index in [1.807, 2.05) is 25.1 Å². The van der Waals surface area contributed by atoms with Crippen LogP contribution in [0.4, 0.5) is 5.69 Å². The molecule has 0 bridgehead atoms. The minimum absolute atomic E-state index is 0.250. The van der Waals surface area contributed by atoms with Crippen LogP contribution in [0.15, 0.2) is 18.3 Å². The van der Waals surface area contributed by atoms with Gasteiger partial charge in [0.2, 0.25) is 0 Å². The van der Waals surface area contributed by atoms with Crippen molar-refractivity contribution in [3.8, 4) is 0 Å². The van der Waals surface area contributed by atoms with E-state index < -0.39 is 0 Å². The third-order valence-corrected chi connectivity index (χ3v) is 1.56. The number of hydrogen-bond donors (Lipinski definition) is 2. The number of pyridine rings is 1. The fourth-order valence-electron chi connectivity index (χ4n) is 0.821. The van der Waals surface area contributed by atoms with Crippen LogP contribution in [0.25, 0.3) is 0 Å². The standard InChI is InChI=1S/C8H12N4/c1-12(2)6-3-4-7(8(9)10)11-5-6/h3-5H,1-2H3,(H3,9,10)/p+1. The number of hydrogen-bond acceptors (Lipinski definition) is 2. The van der Waals surface area contributed by atoms with E-state index in [1.165, 1.54) is 0 Å². The minimum Gasteiger partial charge on any atom is -0.376 e. The van der Waals surface area contributed by atoms with Gasteiger partial charge in [-0.05, 0) is 12.1 Å². The molecule has 12 heavy (non-hydrogen) atoms. The molecule has 4 nitrogen and oxygen atoms in total. The third-order valence-electron chi connectivity index (χ3n) is 1.56. The molecule has 0 fully saturated rings. The Hall–Kier alpha value is -1.58. The van der Waals surface area contributed by atoms with Crippen molar-refractivity contribution in [3.05, 3.63) is 24.0 Å². The van der Waals surface area contributed by atoms with E-state index in [1.54, 1.807) is 12.3 Å². The van der Waals surface area contributed by atoms with E-state index in [0.29, 0.717) is 5.69 Å². The molecule has 0 amide bonds. The van der Waals surface area contributed by atoms with Crippen LogP contribution in [-0.4, -0.2) is 24.9 Å². The highest BCUT2D eigenvalue weighted by Crippen LogP contribution is 2.07. The van der Waals surface area contributed by atoms with E-state index in [4.69, 9.17) is 11.1 Å². The van der Waals surface area contributed by atoms with Crippen LogP contribution in [0.1, 0.15) is 5.69 Å². The zero-order valence-electron chi connectivity index (χ0n) is 7.28. The number of amidine groups is 1. The molecule has 0 aliphatic carbocycles. The smallest absolute Gasteiger partial charge is 0.289 e. The highest BCUT2D eigenvalue weighted by molar-refractivity contribution is 5.90. The van der Waals surface area contributed by atoms with Crippen LogP contribution < -0.4 is 16.0 Å². The van der Waals surface area contributed by atoms with E-state index in [9.17, 15) is 0 Å². The van der Waals surface area contributed by atoms with Crippen LogP contribution in [0, 0.1) is 0 Å². The first-order valence-corrected chi connectivity index (χ1v) is 3.63. The lowest BCUT2D eigenvalue weighted by atomic mass is 10.3. The van der Waals surface area contributed by atoms with Gasteiger partial charge >= 0.3 is 0 Å². The van der Waals surface area contributed by atoms with Gasteiger partial charge in [0.15, 0.2) is 5.69 Å². The second-order valence-electron chi connectivity index (χ2n) is 2.75. The first kappa shape index (κ1) is 8.52. The van der Waals surface area contributed by atoms with E-state index in [0.717, 1.165) is 5.69 Å². The SMILES string of the molecule is CN(C)c1ccc(C(N)=[NH2+])nc1. The van der Waals surface area contributed by atoms with Crippen LogP contribution in [-0.2, 0) is 0 Å². The van der Waals surface area contributed by atoms with Crippen molar-refractivity contribution in [2.45, 2.75) is 0 Å². The first-order chi connectivity index (χ1) is 5.61. The van der Waals surface area contributed by atoms with E-state index in [2.05, 4.69) is 4.98 Å². The average molecular weight is 165 g/mol. The molecule has 4 heteroatoms. The van der Waals surface area contributed by atoms with Gasteiger partial charge in [0, 0.05) is 14.1 Å². The number of anilines is 1. The lowest BCUT2D eigenvalue weighted by Crippen LogP contribution is -2.46. The molecule has 0 aliphatic heterocycles. The molecule has 0 unspecified atom stereocenters. The van der Waals surface area contributed by atoms with Crippen LogP contribution >= 0.6 is 0 Å². The quantitative estimate of drug-likeness (QED) is 0.419. The van der Waals surface area contributed by atoms with Crippen molar-refractivity contribution < 1.29 is 5.41 Å². The normalized spacial score (nSPS) is 9.50. The Morgan fingerprint density at radius 3 is 2.50 bits per heavy atom. The summed E-state index contributed by atoms with van der Waals surface area (Å²) in [5, 5.41) is 5.36. The maximum Gasteiger partial charge on any atom is 0.289 e. The third kappa shape index (κ3) is 1.72. The molecular formula is C8H13N4+. The highest BCUT2D eigenvalue weighted by Gasteiger charge is 2.02. The van der Waals surface area contributed by atoms with Crippen LogP contribution in [0.2, 0.25) is 0 Å². The summed E-state index contributed by atoms with van der Waals surface area (Å²) in [5.74, 6) is 0.250. The van der Waals surface area contributed by atoms with Crippen molar-refractivity contribution in [2.24, 2.45) is 5.73 Å². The number of rotatable bonds is 2. The molecule has 1 aromatic heterocycles. The average Bonchev–Trinajstić information content (AvgIpc) is 2.04. The Balaban J connectivity index is 2.93. The summed E-state index contributed by atoms with van der Waals surface area (Å²) >= 11 is 0. The highest BCUT2D eigenvalue weighted by atomic mass is 15.1. The summed E-state index contributed by atoms with van der Waals surface area (Å²) < 4.78 is 0. The summed E-state index contributed by atoms with van der Waals surface area (Å²) in [6, 6.07) is 3.72. The minimum atomic E-state index is 0.250. The van der Waals surface area contributed by atoms with Gasteiger partial charge in [-0.2, -0.15) is 0 Å². The molecule has 0 atom stereocenters. The maximum atomic E-state index is 5.36. The van der Waals surface area contributed by atoms with Crippen molar-refractivity contribution >= 4 is 11.5 Å². The topological polar surface area (TPSA) is 67.7 Å². The number of aromatic nitrogens is 1. The lowest BCUT2D eigenvalue weighted by Gasteiger charge is -2.10. The zero-order chi connectivity index (χ0) is 9.14. The molecule has 0 aliphatic rings. The van der Waals surface area contributed by atoms with Crippen LogP contribution in [0.3, 0.4) is 0 Å². The Kier molecular flexibility index (Phi) is 2.28. The van der Waals surface area contributed by atoms with Crippen LogP contribution in [0.5, 0.6) is 0 Å². The van der Waals surface area contributed by atoms with Gasteiger partial charge in [0.25, 0.3) is 5.84 Å². The molecule has 1 rings (SSSR count). The second kappa shape index (κ2) is 3.21. The molecule has 0 spiro atoms. The summed E-state index contributed by atoms with van der Waals surface area (Å²) in [6.07, 6.45) is 1.73. The maximum absolute atomic E-state index is 5.36. The Bertz CT molecular complexity index is 276. The molecule has 64 valence electrons. The van der Waals surface area contributed by atoms with Crippen molar-refractivity contribution in [2.75, 3.05) is 19.0 Å². The molecular weight excluding hydrogens is 152 g/mol. The summed E-state index contributed by atoms with van der Waals surface area (Å²) in [6.45, 7) is 0. The van der Waals surface area contributed by atoms with Gasteiger partial charge in [-0.1, -0.05) is 0 Å². The molecule has 1 aromatic rings. The monoisotopic (exact) mass is 165 g/mol. The number of nitrogens with two attached hydrogens (primary N) is 2. The summed E-state index contributed by atoms with van der Waals surface area (Å²) in [4.78, 5) is 6.03.